The van der Waals surface area contributed by atoms with Crippen LogP contribution in [0, 0.1) is 19.3 Å². The summed E-state index contributed by atoms with van der Waals surface area (Å²) in [6.45, 7) is 4.38. The minimum absolute atomic E-state index is 0.110. The molecule has 142 valence electrons. The van der Waals surface area contributed by atoms with E-state index in [4.69, 9.17) is 6.42 Å². The van der Waals surface area contributed by atoms with Crippen LogP contribution in [-0.2, 0) is 16.0 Å². The molecule has 0 spiro atoms. The zero-order valence-electron chi connectivity index (χ0n) is 15.9. The highest BCUT2D eigenvalue weighted by Crippen LogP contribution is 2.37. The molecule has 0 atom stereocenters. The van der Waals surface area contributed by atoms with Crippen LogP contribution in [0.5, 0.6) is 0 Å². The van der Waals surface area contributed by atoms with E-state index in [1.54, 1.807) is 0 Å². The molecule has 0 unspecified atom stereocenters. The van der Waals surface area contributed by atoms with Gasteiger partial charge in [-0.3, -0.25) is 9.59 Å². The van der Waals surface area contributed by atoms with Gasteiger partial charge in [-0.1, -0.05) is 24.3 Å². The van der Waals surface area contributed by atoms with Crippen LogP contribution in [0.4, 0.5) is 0 Å². The normalized spacial score (nSPS) is 17.5. The Morgan fingerprint density at radius 2 is 1.70 bits per heavy atom. The summed E-state index contributed by atoms with van der Waals surface area (Å²) in [5.41, 5.74) is 1.79. The molecule has 2 aliphatic heterocycles. The molecule has 2 amide bonds. The molecule has 1 saturated heterocycles. The molecule has 27 heavy (non-hydrogen) atoms. The van der Waals surface area contributed by atoms with Gasteiger partial charge >= 0.3 is 0 Å². The molecule has 6 nitrogen and oxygen atoms in total. The molecule has 1 fully saturated rings. The largest absolute Gasteiger partial charge is 0.339 e. The predicted octanol–water partition coefficient (Wildman–Crippen LogP) is 2.56. The summed E-state index contributed by atoms with van der Waals surface area (Å²) in [6, 6.07) is 7.96. The molecule has 1 aromatic rings. The summed E-state index contributed by atoms with van der Waals surface area (Å²) in [5.74, 6) is 2.83. The number of nitrogens with zero attached hydrogens (tertiary/aromatic N) is 4. The Labute approximate surface area is 160 Å². The maximum Gasteiger partial charge on any atom is 0.227 e. The Morgan fingerprint density at radius 3 is 2.30 bits per heavy atom. The van der Waals surface area contributed by atoms with Crippen molar-refractivity contribution in [1.82, 2.24) is 9.80 Å². The second-order valence-electron chi connectivity index (χ2n) is 7.25. The van der Waals surface area contributed by atoms with Gasteiger partial charge in [0.25, 0.3) is 0 Å². The maximum absolute atomic E-state index is 12.5. The average molecular weight is 366 g/mol. The number of hydrogen-bond donors (Lipinski definition) is 0. The van der Waals surface area contributed by atoms with Crippen molar-refractivity contribution in [3.8, 4) is 12.3 Å². The number of aryl methyl sites for hydroxylation is 1. The Balaban J connectivity index is 1.42. The SMILES string of the molecule is C#CCCC1(CCC(=O)N2CCN(C(=O)Cc3ccccc3C)CC2)N=N1. The van der Waals surface area contributed by atoms with Gasteiger partial charge in [-0.15, -0.1) is 12.3 Å². The van der Waals surface area contributed by atoms with Crippen molar-refractivity contribution in [2.24, 2.45) is 10.2 Å². The van der Waals surface area contributed by atoms with Gasteiger partial charge in [0, 0.05) is 51.9 Å². The Morgan fingerprint density at radius 1 is 1.07 bits per heavy atom. The van der Waals surface area contributed by atoms with Crippen LogP contribution in [0.1, 0.15) is 36.8 Å². The molecule has 2 heterocycles. The van der Waals surface area contributed by atoms with Crippen LogP contribution < -0.4 is 0 Å². The summed E-state index contributed by atoms with van der Waals surface area (Å²) in [7, 11) is 0. The predicted molar refractivity (Wildman–Crippen MR) is 103 cm³/mol. The zero-order valence-corrected chi connectivity index (χ0v) is 15.9. The van der Waals surface area contributed by atoms with E-state index < -0.39 is 5.66 Å². The standard InChI is InChI=1S/C21H26N4O2/c1-3-4-10-21(22-23-21)11-9-19(26)24-12-14-25(15-13-24)20(27)16-18-8-6-5-7-17(18)2/h1,5-8H,4,9-16H2,2H3. The second kappa shape index (κ2) is 8.34. The third-order valence-corrected chi connectivity index (χ3v) is 5.38. The smallest absolute Gasteiger partial charge is 0.227 e. The third-order valence-electron chi connectivity index (χ3n) is 5.38. The first kappa shape index (κ1) is 19.1. The number of amides is 2. The van der Waals surface area contributed by atoms with Crippen LogP contribution in [0.2, 0.25) is 0 Å². The van der Waals surface area contributed by atoms with Gasteiger partial charge in [0.1, 0.15) is 0 Å². The second-order valence-corrected chi connectivity index (χ2v) is 7.25. The zero-order chi connectivity index (χ0) is 19.3. The monoisotopic (exact) mass is 366 g/mol. The van der Waals surface area contributed by atoms with Gasteiger partial charge < -0.3 is 9.80 Å². The fourth-order valence-corrected chi connectivity index (χ4v) is 3.42. The van der Waals surface area contributed by atoms with E-state index in [0.29, 0.717) is 51.9 Å². The van der Waals surface area contributed by atoms with E-state index in [0.717, 1.165) is 17.5 Å². The average Bonchev–Trinajstić information content (AvgIpc) is 3.46. The van der Waals surface area contributed by atoms with Gasteiger partial charge in [-0.2, -0.15) is 10.2 Å². The van der Waals surface area contributed by atoms with E-state index in [9.17, 15) is 9.59 Å². The highest BCUT2D eigenvalue weighted by molar-refractivity contribution is 5.80. The van der Waals surface area contributed by atoms with Crippen molar-refractivity contribution < 1.29 is 9.59 Å². The fraction of sp³-hybridized carbons (Fsp3) is 0.524. The summed E-state index contributed by atoms with van der Waals surface area (Å²) in [6.07, 6.45) is 8.11. The van der Waals surface area contributed by atoms with Crippen LogP contribution in [0.15, 0.2) is 34.5 Å². The minimum Gasteiger partial charge on any atom is -0.339 e. The number of piperazine rings is 1. The molecular weight excluding hydrogens is 340 g/mol. The summed E-state index contributed by atoms with van der Waals surface area (Å²) in [5, 5.41) is 8.15. The molecule has 0 aliphatic carbocycles. The molecule has 2 aliphatic rings. The van der Waals surface area contributed by atoms with Crippen molar-refractivity contribution in [3.63, 3.8) is 0 Å². The summed E-state index contributed by atoms with van der Waals surface area (Å²) < 4.78 is 0. The Kier molecular flexibility index (Phi) is 5.90. The van der Waals surface area contributed by atoms with Gasteiger partial charge in [0.05, 0.1) is 6.42 Å². The van der Waals surface area contributed by atoms with Gasteiger partial charge in [-0.05, 0) is 18.1 Å². The Hall–Kier alpha value is -2.68. The first-order valence-corrected chi connectivity index (χ1v) is 9.50. The minimum atomic E-state index is -0.409. The van der Waals surface area contributed by atoms with Crippen molar-refractivity contribution in [2.45, 2.75) is 44.7 Å². The van der Waals surface area contributed by atoms with Crippen LogP contribution >= 0.6 is 0 Å². The number of carbonyl (C=O) groups excluding carboxylic acids is 2. The van der Waals surface area contributed by atoms with E-state index in [2.05, 4.69) is 16.1 Å². The number of hydrogen-bond acceptors (Lipinski definition) is 4. The van der Waals surface area contributed by atoms with E-state index in [-0.39, 0.29) is 11.8 Å². The highest BCUT2D eigenvalue weighted by atomic mass is 16.2. The first-order valence-electron chi connectivity index (χ1n) is 9.50. The number of benzene rings is 1. The van der Waals surface area contributed by atoms with Gasteiger partial charge in [0.2, 0.25) is 11.8 Å². The van der Waals surface area contributed by atoms with Crippen molar-refractivity contribution in [2.75, 3.05) is 26.2 Å². The molecule has 0 aromatic heterocycles. The van der Waals surface area contributed by atoms with Crippen molar-refractivity contribution in [3.05, 3.63) is 35.4 Å². The van der Waals surface area contributed by atoms with Crippen LogP contribution in [0.3, 0.4) is 0 Å². The number of carbonyl (C=O) groups is 2. The molecular formula is C21H26N4O2. The molecule has 1 aromatic carbocycles. The maximum atomic E-state index is 12.5. The highest BCUT2D eigenvalue weighted by Gasteiger charge is 2.39. The lowest BCUT2D eigenvalue weighted by atomic mass is 10.0. The molecule has 3 rings (SSSR count). The first-order chi connectivity index (χ1) is 13.0. The molecule has 0 bridgehead atoms. The summed E-state index contributed by atoms with van der Waals surface area (Å²) >= 11 is 0. The fourth-order valence-electron chi connectivity index (χ4n) is 3.42. The van der Waals surface area contributed by atoms with Crippen molar-refractivity contribution in [1.29, 1.82) is 0 Å². The lowest BCUT2D eigenvalue weighted by Crippen LogP contribution is -2.51. The van der Waals surface area contributed by atoms with E-state index in [1.807, 2.05) is 41.0 Å². The summed E-state index contributed by atoms with van der Waals surface area (Å²) in [4.78, 5) is 28.7. The molecule has 0 radical (unpaired) electrons. The van der Waals surface area contributed by atoms with Crippen LogP contribution in [-0.4, -0.2) is 53.5 Å². The van der Waals surface area contributed by atoms with Gasteiger partial charge in [0.15, 0.2) is 5.66 Å². The molecule has 6 heteroatoms. The molecule has 0 saturated carbocycles. The Bertz CT molecular complexity index is 767. The number of terminal acetylenes is 1. The molecule has 0 N–H and O–H groups in total. The third kappa shape index (κ3) is 4.94. The number of rotatable bonds is 7. The van der Waals surface area contributed by atoms with Crippen LogP contribution in [0.25, 0.3) is 0 Å². The van der Waals surface area contributed by atoms with E-state index in [1.165, 1.54) is 0 Å². The van der Waals surface area contributed by atoms with Gasteiger partial charge in [-0.25, -0.2) is 0 Å². The van der Waals surface area contributed by atoms with Crippen molar-refractivity contribution >= 4 is 11.8 Å². The lowest BCUT2D eigenvalue weighted by molar-refractivity contribution is -0.139. The van der Waals surface area contributed by atoms with E-state index >= 15 is 0 Å². The quantitative estimate of drug-likeness (QED) is 0.696. The lowest BCUT2D eigenvalue weighted by Gasteiger charge is -2.35. The topological polar surface area (TPSA) is 65.3 Å².